The zero-order valence-corrected chi connectivity index (χ0v) is 21.2. The number of sulfone groups is 1. The van der Waals surface area contributed by atoms with Crippen molar-refractivity contribution in [1.29, 1.82) is 0 Å². The molecule has 3 aromatic carbocycles. The van der Waals surface area contributed by atoms with Gasteiger partial charge in [-0.15, -0.1) is 0 Å². The number of aromatic nitrogens is 1. The van der Waals surface area contributed by atoms with E-state index in [2.05, 4.69) is 10.3 Å². The molecule has 37 heavy (non-hydrogen) atoms. The van der Waals surface area contributed by atoms with E-state index in [1.165, 1.54) is 23.9 Å². The van der Waals surface area contributed by atoms with Crippen molar-refractivity contribution in [3.05, 3.63) is 102 Å². The zero-order chi connectivity index (χ0) is 26.0. The van der Waals surface area contributed by atoms with Gasteiger partial charge in [0.25, 0.3) is 11.8 Å². The molecule has 0 unspecified atom stereocenters. The van der Waals surface area contributed by atoms with Crippen molar-refractivity contribution in [2.24, 2.45) is 0 Å². The van der Waals surface area contributed by atoms with Crippen LogP contribution < -0.4 is 5.32 Å². The van der Waals surface area contributed by atoms with Gasteiger partial charge in [0.05, 0.1) is 4.90 Å². The molecule has 0 spiro atoms. The number of amides is 2. The fourth-order valence-electron chi connectivity index (χ4n) is 4.76. The van der Waals surface area contributed by atoms with Crippen LogP contribution in [0, 0.1) is 0 Å². The van der Waals surface area contributed by atoms with Crippen molar-refractivity contribution in [2.45, 2.75) is 23.7 Å². The Kier molecular flexibility index (Phi) is 6.76. The second-order valence-electron chi connectivity index (χ2n) is 9.32. The van der Waals surface area contributed by atoms with Crippen LogP contribution in [-0.4, -0.2) is 49.5 Å². The van der Waals surface area contributed by atoms with E-state index < -0.39 is 9.84 Å². The molecule has 0 bridgehead atoms. The average Bonchev–Trinajstić information content (AvgIpc) is 2.92. The molecule has 0 radical (unpaired) electrons. The van der Waals surface area contributed by atoms with Gasteiger partial charge in [-0.1, -0.05) is 48.5 Å². The maximum Gasteiger partial charge on any atom is 0.272 e. The van der Waals surface area contributed by atoms with Gasteiger partial charge in [0.2, 0.25) is 0 Å². The van der Waals surface area contributed by atoms with Gasteiger partial charge in [0.15, 0.2) is 9.84 Å². The standard InChI is InChI=1S/C29H27N3O4S/c1-37(35,36)24-13-14-27(30-19-24)29(34)32-17-15-21(16-18-32)20-9-11-23(12-10-20)31-28(33)26-8-4-6-22-5-2-3-7-25(22)26/h2-14,19,21H,15-18H2,1H3,(H,31,33). The van der Waals surface area contributed by atoms with Gasteiger partial charge in [-0.25, -0.2) is 13.4 Å². The molecule has 5 rings (SSSR count). The average molecular weight is 514 g/mol. The van der Waals surface area contributed by atoms with Crippen LogP contribution in [0.1, 0.15) is 45.2 Å². The fourth-order valence-corrected chi connectivity index (χ4v) is 5.32. The summed E-state index contributed by atoms with van der Waals surface area (Å²) in [6, 6.07) is 24.3. The van der Waals surface area contributed by atoms with Crippen molar-refractivity contribution in [1.82, 2.24) is 9.88 Å². The number of likely N-dealkylation sites (tertiary alicyclic amines) is 1. The molecule has 1 aliphatic rings. The Hall–Kier alpha value is -4.04. The lowest BCUT2D eigenvalue weighted by molar-refractivity contribution is 0.0706. The molecule has 2 amide bonds. The Bertz CT molecular complexity index is 1550. The minimum atomic E-state index is -3.35. The summed E-state index contributed by atoms with van der Waals surface area (Å²) in [6.07, 6.45) is 3.97. The Labute approximate surface area is 216 Å². The third kappa shape index (κ3) is 5.39. The smallest absolute Gasteiger partial charge is 0.272 e. The van der Waals surface area contributed by atoms with E-state index in [0.29, 0.717) is 24.6 Å². The Morgan fingerprint density at radius 3 is 2.27 bits per heavy atom. The van der Waals surface area contributed by atoms with E-state index >= 15 is 0 Å². The predicted octanol–water partition coefficient (Wildman–Crippen LogP) is 4.91. The molecule has 1 aromatic heterocycles. The summed E-state index contributed by atoms with van der Waals surface area (Å²) in [7, 11) is -3.35. The van der Waals surface area contributed by atoms with Crippen LogP contribution >= 0.6 is 0 Å². The summed E-state index contributed by atoms with van der Waals surface area (Å²) in [5.41, 5.74) is 2.79. The van der Waals surface area contributed by atoms with Crippen molar-refractivity contribution in [3.63, 3.8) is 0 Å². The first-order valence-electron chi connectivity index (χ1n) is 12.1. The van der Waals surface area contributed by atoms with Gasteiger partial charge in [0, 0.05) is 36.8 Å². The minimum absolute atomic E-state index is 0.0968. The van der Waals surface area contributed by atoms with Gasteiger partial charge >= 0.3 is 0 Å². The molecule has 2 heterocycles. The molecule has 4 aromatic rings. The van der Waals surface area contributed by atoms with Gasteiger partial charge in [-0.2, -0.15) is 0 Å². The highest BCUT2D eigenvalue weighted by molar-refractivity contribution is 7.90. The number of carbonyl (C=O) groups is 2. The normalized spacial score (nSPS) is 14.5. The second kappa shape index (κ2) is 10.1. The number of benzene rings is 3. The monoisotopic (exact) mass is 513 g/mol. The summed E-state index contributed by atoms with van der Waals surface area (Å²) >= 11 is 0. The van der Waals surface area contributed by atoms with Gasteiger partial charge in [-0.3, -0.25) is 9.59 Å². The van der Waals surface area contributed by atoms with Gasteiger partial charge in [0.1, 0.15) is 5.69 Å². The number of piperidine rings is 1. The fraction of sp³-hybridized carbons (Fsp3) is 0.207. The summed E-state index contributed by atoms with van der Waals surface area (Å²) in [5.74, 6) is -0.0213. The van der Waals surface area contributed by atoms with Gasteiger partial charge in [-0.05, 0) is 65.4 Å². The number of nitrogens with zero attached hydrogens (tertiary/aromatic N) is 2. The summed E-state index contributed by atoms with van der Waals surface area (Å²) in [6.45, 7) is 1.19. The molecular formula is C29H27N3O4S. The number of rotatable bonds is 5. The van der Waals surface area contributed by atoms with Crippen LogP contribution in [0.3, 0.4) is 0 Å². The van der Waals surface area contributed by atoms with Crippen LogP contribution in [-0.2, 0) is 9.84 Å². The number of pyridine rings is 1. The Balaban J connectivity index is 1.19. The largest absolute Gasteiger partial charge is 0.337 e. The third-order valence-electron chi connectivity index (χ3n) is 6.84. The molecule has 0 atom stereocenters. The first kappa shape index (κ1) is 24.6. The molecule has 0 saturated carbocycles. The Morgan fingerprint density at radius 1 is 0.892 bits per heavy atom. The number of hydrogen-bond acceptors (Lipinski definition) is 5. The third-order valence-corrected chi connectivity index (χ3v) is 7.94. The summed E-state index contributed by atoms with van der Waals surface area (Å²) in [5, 5.41) is 4.94. The molecular weight excluding hydrogens is 486 g/mol. The van der Waals surface area contributed by atoms with E-state index in [9.17, 15) is 18.0 Å². The predicted molar refractivity (Wildman–Crippen MR) is 144 cm³/mol. The maximum absolute atomic E-state index is 12.9. The van der Waals surface area contributed by atoms with Crippen molar-refractivity contribution in [2.75, 3.05) is 24.7 Å². The number of carbonyl (C=O) groups excluding carboxylic acids is 2. The van der Waals surface area contributed by atoms with Crippen LogP contribution in [0.25, 0.3) is 10.8 Å². The summed E-state index contributed by atoms with van der Waals surface area (Å²) in [4.78, 5) is 31.7. The van der Waals surface area contributed by atoms with Crippen LogP contribution in [0.2, 0.25) is 0 Å². The number of fused-ring (bicyclic) bond motifs is 1. The van der Waals surface area contributed by atoms with Crippen LogP contribution in [0.5, 0.6) is 0 Å². The quantitative estimate of drug-likeness (QED) is 0.409. The van der Waals surface area contributed by atoms with Crippen molar-refractivity contribution in [3.8, 4) is 0 Å². The first-order valence-corrected chi connectivity index (χ1v) is 14.0. The molecule has 188 valence electrons. The van der Waals surface area contributed by atoms with E-state index in [1.807, 2.05) is 66.7 Å². The molecule has 8 heteroatoms. The lowest BCUT2D eigenvalue weighted by Gasteiger charge is -2.32. The van der Waals surface area contributed by atoms with Crippen molar-refractivity contribution >= 4 is 38.1 Å². The van der Waals surface area contributed by atoms with Crippen molar-refractivity contribution < 1.29 is 18.0 Å². The molecule has 0 aliphatic carbocycles. The lowest BCUT2D eigenvalue weighted by atomic mass is 9.89. The number of nitrogens with one attached hydrogen (secondary N) is 1. The second-order valence-corrected chi connectivity index (χ2v) is 11.3. The molecule has 1 saturated heterocycles. The van der Waals surface area contributed by atoms with Crippen LogP contribution in [0.15, 0.2) is 90.0 Å². The number of anilines is 1. The lowest BCUT2D eigenvalue weighted by Crippen LogP contribution is -2.38. The highest BCUT2D eigenvalue weighted by Crippen LogP contribution is 2.30. The van der Waals surface area contributed by atoms with E-state index in [1.54, 1.807) is 4.90 Å². The highest BCUT2D eigenvalue weighted by atomic mass is 32.2. The number of hydrogen-bond donors (Lipinski definition) is 1. The maximum atomic E-state index is 12.9. The van der Waals surface area contributed by atoms with E-state index in [0.717, 1.165) is 35.6 Å². The molecule has 1 fully saturated rings. The van der Waals surface area contributed by atoms with E-state index in [4.69, 9.17) is 0 Å². The van der Waals surface area contributed by atoms with Crippen LogP contribution in [0.4, 0.5) is 5.69 Å². The topological polar surface area (TPSA) is 96.4 Å². The van der Waals surface area contributed by atoms with E-state index in [-0.39, 0.29) is 22.4 Å². The summed E-state index contributed by atoms with van der Waals surface area (Å²) < 4.78 is 23.2. The molecule has 1 N–H and O–H groups in total. The molecule has 1 aliphatic heterocycles. The zero-order valence-electron chi connectivity index (χ0n) is 20.4. The Morgan fingerprint density at radius 2 is 1.59 bits per heavy atom. The minimum Gasteiger partial charge on any atom is -0.337 e. The first-order chi connectivity index (χ1) is 17.8. The van der Waals surface area contributed by atoms with Gasteiger partial charge < -0.3 is 10.2 Å². The molecule has 7 nitrogen and oxygen atoms in total. The SMILES string of the molecule is CS(=O)(=O)c1ccc(C(=O)N2CCC(c3ccc(NC(=O)c4cccc5ccccc45)cc3)CC2)nc1. The highest BCUT2D eigenvalue weighted by Gasteiger charge is 2.25.